The predicted molar refractivity (Wildman–Crippen MR) is 78.0 cm³/mol. The van der Waals surface area contributed by atoms with E-state index in [2.05, 4.69) is 16.0 Å². The Balaban J connectivity index is 0. The van der Waals surface area contributed by atoms with Gasteiger partial charge in [0.15, 0.2) is 0 Å². The molecule has 0 aromatic carbocycles. The molecule has 0 spiro atoms. The van der Waals surface area contributed by atoms with Gasteiger partial charge in [0.25, 0.3) is 10.4 Å². The zero-order valence-corrected chi connectivity index (χ0v) is 17.4. The number of ether oxygens (including phenoxy) is 1. The third kappa shape index (κ3) is 8.50. The first-order valence-corrected chi connectivity index (χ1v) is 8.20. The first kappa shape index (κ1) is 27.1. The first-order valence-electron chi connectivity index (χ1n) is 5.99. The van der Waals surface area contributed by atoms with Crippen molar-refractivity contribution in [1.82, 2.24) is 0 Å². The second kappa shape index (κ2) is 12.3. The van der Waals surface area contributed by atoms with Crippen LogP contribution in [0.5, 0.6) is 0 Å². The molecule has 0 radical (unpaired) electrons. The van der Waals surface area contributed by atoms with Crippen LogP contribution in [0.1, 0.15) is 6.42 Å². The summed E-state index contributed by atoms with van der Waals surface area (Å²) >= 11 is 0.660. The minimum Gasteiger partial charge on any atom is -0.714 e. The number of thioether (sulfide) groups is 1. The van der Waals surface area contributed by atoms with Gasteiger partial charge in [0.2, 0.25) is 0 Å². The molecule has 1 aliphatic heterocycles. The smallest absolute Gasteiger partial charge is 0.714 e. The maximum absolute atomic E-state index is 10.4. The van der Waals surface area contributed by atoms with Gasteiger partial charge in [-0.05, 0) is 0 Å². The zero-order valence-electron chi connectivity index (χ0n) is 12.7. The molecule has 0 amide bonds. The van der Waals surface area contributed by atoms with Crippen molar-refractivity contribution in [2.24, 2.45) is 5.16 Å². The maximum Gasteiger partial charge on any atom is 1.00 e. The van der Waals surface area contributed by atoms with Gasteiger partial charge in [-0.3, -0.25) is 4.28 Å². The van der Waals surface area contributed by atoms with E-state index in [1.165, 1.54) is 6.08 Å². The van der Waals surface area contributed by atoms with Gasteiger partial charge < -0.3 is 35.2 Å². The standard InChI is InChI=1S/C10H17NO9S2.K.H2O/c1-2-3-6(11-20-22(16,17)18)21-10-9(15)8(14)7(13)5(4-12)19-10;;/h2,5,7-10,12-15H,1,3-4H2,(H,16,17,18);;1H2/q;+1;/p-1/b11-6+;;/t5-,7-,8+,9-,10+;;/m0../s1. The van der Waals surface area contributed by atoms with Crippen LogP contribution in [0, 0.1) is 0 Å². The summed E-state index contributed by atoms with van der Waals surface area (Å²) < 4.78 is 40.1. The fourth-order valence-electron chi connectivity index (χ4n) is 1.62. The van der Waals surface area contributed by atoms with E-state index in [4.69, 9.17) is 9.84 Å². The molecular formula is C10H18KNO10S2. The molecule has 14 heteroatoms. The third-order valence-corrected chi connectivity index (χ3v) is 4.04. The molecule has 0 aromatic rings. The van der Waals surface area contributed by atoms with Crippen molar-refractivity contribution in [2.75, 3.05) is 6.61 Å². The molecule has 11 nitrogen and oxygen atoms in total. The van der Waals surface area contributed by atoms with Crippen molar-refractivity contribution >= 4 is 27.2 Å². The van der Waals surface area contributed by atoms with Crippen molar-refractivity contribution in [2.45, 2.75) is 36.3 Å². The van der Waals surface area contributed by atoms with E-state index in [1.54, 1.807) is 0 Å². The van der Waals surface area contributed by atoms with E-state index in [0.29, 0.717) is 11.8 Å². The topological polar surface area (TPSA) is 200 Å². The molecule has 136 valence electrons. The largest absolute Gasteiger partial charge is 1.00 e. The Morgan fingerprint density at radius 3 is 2.38 bits per heavy atom. The van der Waals surface area contributed by atoms with E-state index in [1.807, 2.05) is 0 Å². The molecule has 1 rings (SSSR count). The molecule has 0 aliphatic carbocycles. The second-order valence-electron chi connectivity index (χ2n) is 4.28. The molecule has 1 aliphatic rings. The quantitative estimate of drug-likeness (QED) is 0.0615. The molecule has 24 heavy (non-hydrogen) atoms. The number of rotatable bonds is 6. The fraction of sp³-hybridized carbons (Fsp3) is 0.700. The minimum absolute atomic E-state index is 0. The SMILES string of the molecule is C=CC/C(=N\OS(=O)(=O)[O-])S[C@H]1O[C@@H](CO)[C@H](O)[C@@H](O)[C@@H]1O.O.[K+]. The summed E-state index contributed by atoms with van der Waals surface area (Å²) in [4.78, 5) is 0. The monoisotopic (exact) mass is 415 g/mol. The maximum atomic E-state index is 10.4. The molecule has 1 fully saturated rings. The van der Waals surface area contributed by atoms with E-state index >= 15 is 0 Å². The number of nitrogens with zero attached hydrogens (tertiary/aromatic N) is 1. The molecule has 0 unspecified atom stereocenters. The normalized spacial score (nSPS) is 30.7. The zero-order chi connectivity index (χ0) is 16.9. The van der Waals surface area contributed by atoms with E-state index < -0.39 is 46.9 Å². The third-order valence-electron chi connectivity index (χ3n) is 2.65. The van der Waals surface area contributed by atoms with E-state index in [0.717, 1.165) is 0 Å². The van der Waals surface area contributed by atoms with Crippen LogP contribution in [-0.4, -0.2) is 80.4 Å². The molecular weight excluding hydrogens is 397 g/mol. The fourth-order valence-corrected chi connectivity index (χ4v) is 2.91. The Kier molecular flexibility index (Phi) is 13.9. The van der Waals surface area contributed by atoms with Crippen LogP contribution in [0.25, 0.3) is 0 Å². The van der Waals surface area contributed by atoms with Crippen molar-refractivity contribution in [1.29, 1.82) is 0 Å². The first-order chi connectivity index (χ1) is 10.2. The average molecular weight is 415 g/mol. The van der Waals surface area contributed by atoms with Gasteiger partial charge in [-0.1, -0.05) is 23.0 Å². The van der Waals surface area contributed by atoms with Crippen molar-refractivity contribution < 1.29 is 99.3 Å². The molecule has 0 bridgehead atoms. The Hall–Kier alpha value is 0.866. The molecule has 6 N–H and O–H groups in total. The van der Waals surface area contributed by atoms with Gasteiger partial charge in [0.05, 0.1) is 6.61 Å². The minimum atomic E-state index is -5.04. The van der Waals surface area contributed by atoms with Crippen molar-refractivity contribution in [3.8, 4) is 0 Å². The van der Waals surface area contributed by atoms with Crippen molar-refractivity contribution in [3.05, 3.63) is 12.7 Å². The number of hydrogen-bond acceptors (Lipinski definition) is 11. The van der Waals surface area contributed by atoms with E-state index in [9.17, 15) is 28.3 Å². The Morgan fingerprint density at radius 2 is 1.92 bits per heavy atom. The van der Waals surface area contributed by atoms with Gasteiger partial charge in [-0.2, -0.15) is 8.42 Å². The second-order valence-corrected chi connectivity index (χ2v) is 6.41. The summed E-state index contributed by atoms with van der Waals surface area (Å²) in [7, 11) is -5.04. The van der Waals surface area contributed by atoms with Gasteiger partial charge in [0, 0.05) is 6.42 Å². The molecule has 0 aromatic heterocycles. The Morgan fingerprint density at radius 1 is 1.33 bits per heavy atom. The van der Waals surface area contributed by atoms with E-state index in [-0.39, 0.29) is 68.3 Å². The van der Waals surface area contributed by atoms with Crippen LogP contribution >= 0.6 is 11.8 Å². The van der Waals surface area contributed by atoms with Gasteiger partial charge >= 0.3 is 51.4 Å². The van der Waals surface area contributed by atoms with Gasteiger partial charge in [-0.15, -0.1) is 6.58 Å². The van der Waals surface area contributed by atoms with Crippen LogP contribution in [0.2, 0.25) is 0 Å². The summed E-state index contributed by atoms with van der Waals surface area (Å²) in [5, 5.41) is 41.2. The summed E-state index contributed by atoms with van der Waals surface area (Å²) in [5.74, 6) is 0. The van der Waals surface area contributed by atoms with Crippen molar-refractivity contribution in [3.63, 3.8) is 0 Å². The average Bonchev–Trinajstić information content (AvgIpc) is 2.44. The van der Waals surface area contributed by atoms with Crippen LogP contribution in [-0.2, 0) is 19.4 Å². The van der Waals surface area contributed by atoms with Gasteiger partial charge in [0.1, 0.15) is 34.9 Å². The van der Waals surface area contributed by atoms with Crippen LogP contribution in [0.4, 0.5) is 0 Å². The number of hydrogen-bond donors (Lipinski definition) is 4. The number of allylic oxidation sites excluding steroid dienone is 1. The summed E-state index contributed by atoms with van der Waals surface area (Å²) in [6.07, 6.45) is -4.44. The number of oxime groups is 1. The predicted octanol–water partition coefficient (Wildman–Crippen LogP) is -5.93. The number of aliphatic hydroxyl groups is 4. The van der Waals surface area contributed by atoms with Crippen LogP contribution in [0.15, 0.2) is 17.8 Å². The Bertz CT molecular complexity index is 514. The number of aliphatic hydroxyl groups excluding tert-OH is 4. The summed E-state index contributed by atoms with van der Waals surface area (Å²) in [5.41, 5.74) is -1.17. The molecule has 1 saturated heterocycles. The summed E-state index contributed by atoms with van der Waals surface area (Å²) in [6.45, 7) is 2.80. The molecule has 1 heterocycles. The Labute approximate surface area is 185 Å². The summed E-state index contributed by atoms with van der Waals surface area (Å²) in [6, 6.07) is 0. The van der Waals surface area contributed by atoms with Crippen LogP contribution < -0.4 is 51.4 Å². The van der Waals surface area contributed by atoms with Crippen LogP contribution in [0.3, 0.4) is 0 Å². The molecule has 0 saturated carbocycles. The van der Waals surface area contributed by atoms with Gasteiger partial charge in [-0.25, -0.2) is 0 Å². The molecule has 5 atom stereocenters.